The van der Waals surface area contributed by atoms with Crippen LogP contribution in [0.3, 0.4) is 0 Å². The van der Waals surface area contributed by atoms with Gasteiger partial charge in [-0.25, -0.2) is 5.90 Å². The van der Waals surface area contributed by atoms with Gasteiger partial charge in [-0.05, 0) is 26.0 Å². The molecule has 0 aliphatic rings. The molecule has 1 aromatic carbocycles. The fourth-order valence-electron chi connectivity index (χ4n) is 1.06. The van der Waals surface area contributed by atoms with Crippen molar-refractivity contribution < 1.29 is 9.94 Å². The first-order valence-electron chi connectivity index (χ1n) is 3.84. The highest BCUT2D eigenvalue weighted by Crippen LogP contribution is 2.31. The lowest BCUT2D eigenvalue weighted by Gasteiger charge is -2.23. The van der Waals surface area contributed by atoms with Crippen LogP contribution in [0.15, 0.2) is 18.2 Å². The van der Waals surface area contributed by atoms with Crippen LogP contribution in [0.5, 0.6) is 5.75 Å². The molecular formula is C9H12ClNO2. The minimum atomic E-state index is -0.648. The average molecular weight is 202 g/mol. The van der Waals surface area contributed by atoms with Gasteiger partial charge in [0.05, 0.1) is 5.02 Å². The third-order valence-electron chi connectivity index (χ3n) is 1.90. The highest BCUT2D eigenvalue weighted by atomic mass is 35.5. The molecule has 3 nitrogen and oxygen atoms in total. The number of hydrogen-bond acceptors (Lipinski definition) is 3. The van der Waals surface area contributed by atoms with Crippen LogP contribution in [-0.2, 0) is 10.4 Å². The second-order valence-corrected chi connectivity index (χ2v) is 3.70. The highest BCUT2D eigenvalue weighted by Gasteiger charge is 2.23. The van der Waals surface area contributed by atoms with Crippen LogP contribution < -0.4 is 5.90 Å². The Morgan fingerprint density at radius 1 is 1.46 bits per heavy atom. The second-order valence-electron chi connectivity index (χ2n) is 3.29. The summed E-state index contributed by atoms with van der Waals surface area (Å²) in [6.07, 6.45) is 0. The molecule has 0 aromatic heterocycles. The van der Waals surface area contributed by atoms with E-state index in [1.54, 1.807) is 26.0 Å². The Labute approximate surface area is 82.0 Å². The molecule has 13 heavy (non-hydrogen) atoms. The van der Waals surface area contributed by atoms with Crippen molar-refractivity contribution in [3.05, 3.63) is 28.8 Å². The third kappa shape index (κ3) is 2.12. The molecule has 1 rings (SSSR count). The van der Waals surface area contributed by atoms with Crippen LogP contribution in [-0.4, -0.2) is 5.11 Å². The second kappa shape index (κ2) is 3.54. The number of nitrogens with two attached hydrogens (primary N) is 1. The third-order valence-corrected chi connectivity index (χ3v) is 2.21. The Balaban J connectivity index is 3.16. The molecule has 0 amide bonds. The lowest BCUT2D eigenvalue weighted by atomic mass is 9.98. The predicted octanol–water partition coefficient (Wildman–Crippen LogP) is 2.17. The van der Waals surface area contributed by atoms with Crippen molar-refractivity contribution in [3.8, 4) is 5.75 Å². The lowest BCUT2D eigenvalue weighted by molar-refractivity contribution is -0.0235. The summed E-state index contributed by atoms with van der Waals surface area (Å²) in [4.78, 5) is 4.78. The molecule has 0 aliphatic carbocycles. The molecule has 0 aliphatic heterocycles. The largest absolute Gasteiger partial charge is 0.508 e. The molecule has 0 saturated heterocycles. The molecule has 0 unspecified atom stereocenters. The van der Waals surface area contributed by atoms with Gasteiger partial charge >= 0.3 is 0 Å². The number of benzene rings is 1. The number of rotatable bonds is 2. The molecule has 3 N–H and O–H groups in total. The summed E-state index contributed by atoms with van der Waals surface area (Å²) in [6, 6.07) is 4.68. The van der Waals surface area contributed by atoms with Crippen molar-refractivity contribution in [3.63, 3.8) is 0 Å². The Bertz CT molecular complexity index is 312. The molecule has 0 bridgehead atoms. The summed E-state index contributed by atoms with van der Waals surface area (Å²) in [5.41, 5.74) is 0.0968. The van der Waals surface area contributed by atoms with Gasteiger partial charge < -0.3 is 5.11 Å². The molecule has 1 aromatic rings. The minimum absolute atomic E-state index is 0.126. The van der Waals surface area contributed by atoms with E-state index in [1.807, 2.05) is 0 Å². The average Bonchev–Trinajstić information content (AvgIpc) is 2.03. The zero-order valence-electron chi connectivity index (χ0n) is 7.54. The van der Waals surface area contributed by atoms with E-state index in [2.05, 4.69) is 0 Å². The van der Waals surface area contributed by atoms with E-state index in [4.69, 9.17) is 27.4 Å². The van der Waals surface area contributed by atoms with Crippen LogP contribution in [0.25, 0.3) is 0 Å². The van der Waals surface area contributed by atoms with Crippen LogP contribution in [0, 0.1) is 0 Å². The monoisotopic (exact) mass is 201 g/mol. The first-order chi connectivity index (χ1) is 5.97. The van der Waals surface area contributed by atoms with Gasteiger partial charge in [-0.2, -0.15) is 0 Å². The minimum Gasteiger partial charge on any atom is -0.508 e. The standard InChI is InChI=1S/C9H12ClNO2/c1-9(2,13-11)7-4-3-6(12)5-8(7)10/h3-5,12H,11H2,1-2H3. The molecule has 4 heteroatoms. The van der Waals surface area contributed by atoms with E-state index in [9.17, 15) is 0 Å². The maximum Gasteiger partial charge on any atom is 0.117 e. The van der Waals surface area contributed by atoms with Crippen LogP contribution >= 0.6 is 11.6 Å². The van der Waals surface area contributed by atoms with Gasteiger partial charge in [0, 0.05) is 5.56 Å². The zero-order valence-corrected chi connectivity index (χ0v) is 8.30. The molecule has 0 heterocycles. The van der Waals surface area contributed by atoms with Crippen LogP contribution in [0.4, 0.5) is 0 Å². The van der Waals surface area contributed by atoms with E-state index >= 15 is 0 Å². The summed E-state index contributed by atoms with van der Waals surface area (Å²) in [5.74, 6) is 5.25. The Morgan fingerprint density at radius 2 is 2.08 bits per heavy atom. The highest BCUT2D eigenvalue weighted by molar-refractivity contribution is 6.31. The normalized spacial score (nSPS) is 11.7. The molecule has 0 radical (unpaired) electrons. The van der Waals surface area contributed by atoms with Crippen molar-refractivity contribution in [2.45, 2.75) is 19.4 Å². The summed E-state index contributed by atoms with van der Waals surface area (Å²) in [7, 11) is 0. The topological polar surface area (TPSA) is 55.5 Å². The molecule has 0 atom stereocenters. The van der Waals surface area contributed by atoms with E-state index in [0.29, 0.717) is 5.02 Å². The van der Waals surface area contributed by atoms with Crippen molar-refractivity contribution in [1.29, 1.82) is 0 Å². The van der Waals surface area contributed by atoms with E-state index in [-0.39, 0.29) is 5.75 Å². The molecular weight excluding hydrogens is 190 g/mol. The SMILES string of the molecule is CC(C)(ON)c1ccc(O)cc1Cl. The number of aromatic hydroxyl groups is 1. The van der Waals surface area contributed by atoms with Crippen LogP contribution in [0.1, 0.15) is 19.4 Å². The summed E-state index contributed by atoms with van der Waals surface area (Å²) < 4.78 is 0. The van der Waals surface area contributed by atoms with Gasteiger partial charge in [0.25, 0.3) is 0 Å². The number of phenolic OH excluding ortho intramolecular Hbond substituents is 1. The van der Waals surface area contributed by atoms with Crippen molar-refractivity contribution in [2.75, 3.05) is 0 Å². The summed E-state index contributed by atoms with van der Waals surface area (Å²) in [5, 5.41) is 9.56. The van der Waals surface area contributed by atoms with E-state index in [1.165, 1.54) is 6.07 Å². The van der Waals surface area contributed by atoms with Gasteiger partial charge in [-0.15, -0.1) is 0 Å². The Kier molecular flexibility index (Phi) is 2.81. The van der Waals surface area contributed by atoms with Gasteiger partial charge in [0.1, 0.15) is 11.4 Å². The van der Waals surface area contributed by atoms with Gasteiger partial charge in [0.15, 0.2) is 0 Å². The van der Waals surface area contributed by atoms with Gasteiger partial charge in [0.2, 0.25) is 0 Å². The first-order valence-corrected chi connectivity index (χ1v) is 4.22. The first kappa shape index (κ1) is 10.3. The van der Waals surface area contributed by atoms with E-state index in [0.717, 1.165) is 5.56 Å². The maximum absolute atomic E-state index is 9.12. The van der Waals surface area contributed by atoms with Crippen molar-refractivity contribution in [1.82, 2.24) is 0 Å². The number of hydrogen-bond donors (Lipinski definition) is 2. The maximum atomic E-state index is 9.12. The lowest BCUT2D eigenvalue weighted by Crippen LogP contribution is -2.25. The smallest absolute Gasteiger partial charge is 0.117 e. The molecule has 0 fully saturated rings. The van der Waals surface area contributed by atoms with Gasteiger partial charge in [-0.3, -0.25) is 4.84 Å². The quantitative estimate of drug-likeness (QED) is 0.722. The summed E-state index contributed by atoms with van der Waals surface area (Å²) >= 11 is 5.90. The van der Waals surface area contributed by atoms with Crippen molar-refractivity contribution in [2.24, 2.45) is 5.90 Å². The molecule has 72 valence electrons. The van der Waals surface area contributed by atoms with Gasteiger partial charge in [-0.1, -0.05) is 17.7 Å². The van der Waals surface area contributed by atoms with E-state index < -0.39 is 5.60 Å². The Morgan fingerprint density at radius 3 is 2.54 bits per heavy atom. The fraction of sp³-hybridized carbons (Fsp3) is 0.333. The number of phenols is 1. The Hall–Kier alpha value is -0.770. The molecule has 0 spiro atoms. The fourth-order valence-corrected chi connectivity index (χ4v) is 1.46. The summed E-state index contributed by atoms with van der Waals surface area (Å²) in [6.45, 7) is 3.59. The molecule has 0 saturated carbocycles. The predicted molar refractivity (Wildman–Crippen MR) is 51.4 cm³/mol. The zero-order chi connectivity index (χ0) is 10.1. The van der Waals surface area contributed by atoms with Crippen LogP contribution in [0.2, 0.25) is 5.02 Å². The van der Waals surface area contributed by atoms with Crippen molar-refractivity contribution >= 4 is 11.6 Å². The number of halogens is 1.